The summed E-state index contributed by atoms with van der Waals surface area (Å²) in [7, 11) is -4.10. The summed E-state index contributed by atoms with van der Waals surface area (Å²) < 4.78 is 68.9. The van der Waals surface area contributed by atoms with Crippen LogP contribution in [0, 0.1) is 0 Å². The lowest BCUT2D eigenvalue weighted by Crippen LogP contribution is -2.26. The average Bonchev–Trinajstić information content (AvgIpc) is 3.00. The highest BCUT2D eigenvalue weighted by atomic mass is 32.2. The molecule has 0 radical (unpaired) electrons. The third-order valence-corrected chi connectivity index (χ3v) is 4.51. The molecule has 9 heteroatoms. The molecule has 0 amide bonds. The van der Waals surface area contributed by atoms with Gasteiger partial charge in [-0.3, -0.25) is 0 Å². The van der Waals surface area contributed by atoms with Crippen molar-refractivity contribution < 1.29 is 31.1 Å². The van der Waals surface area contributed by atoms with Gasteiger partial charge in [-0.05, 0) is 36.8 Å². The van der Waals surface area contributed by atoms with E-state index < -0.39 is 32.8 Å². The maximum Gasteiger partial charge on any atom is 0.416 e. The van der Waals surface area contributed by atoms with Crippen molar-refractivity contribution >= 4 is 10.0 Å². The molecular weight excluding hydrogens is 335 g/mol. The molecule has 126 valence electrons. The molecule has 0 aliphatic carbocycles. The predicted molar refractivity (Wildman–Crippen MR) is 74.9 cm³/mol. The summed E-state index contributed by atoms with van der Waals surface area (Å²) in [6.07, 6.45) is -4.24. The second-order valence-corrected chi connectivity index (χ2v) is 6.51. The number of aliphatic hydroxyl groups is 1. The molecule has 1 aromatic carbocycles. The van der Waals surface area contributed by atoms with Gasteiger partial charge in [-0.15, -0.1) is 0 Å². The Hall–Kier alpha value is -1.84. The molecule has 1 heterocycles. The number of benzene rings is 1. The zero-order valence-electron chi connectivity index (χ0n) is 11.7. The molecule has 2 N–H and O–H groups in total. The summed E-state index contributed by atoms with van der Waals surface area (Å²) in [5.74, 6) is 0.281. The highest BCUT2D eigenvalue weighted by Gasteiger charge is 2.31. The van der Waals surface area contributed by atoms with Crippen molar-refractivity contribution in [2.45, 2.75) is 23.6 Å². The molecule has 5 nitrogen and oxygen atoms in total. The van der Waals surface area contributed by atoms with Gasteiger partial charge in [-0.25, -0.2) is 13.1 Å². The molecule has 1 unspecified atom stereocenters. The minimum absolute atomic E-state index is 0.0195. The molecule has 0 aliphatic rings. The quantitative estimate of drug-likeness (QED) is 0.840. The topological polar surface area (TPSA) is 79.5 Å². The monoisotopic (exact) mass is 349 g/mol. The first-order chi connectivity index (χ1) is 10.7. The first-order valence-corrected chi connectivity index (χ1v) is 8.07. The van der Waals surface area contributed by atoms with Crippen molar-refractivity contribution in [2.75, 3.05) is 6.54 Å². The molecule has 0 saturated heterocycles. The van der Waals surface area contributed by atoms with E-state index in [1.807, 2.05) is 0 Å². The Balaban J connectivity index is 2.02. The van der Waals surface area contributed by atoms with Gasteiger partial charge in [0.05, 0.1) is 16.7 Å². The van der Waals surface area contributed by atoms with E-state index in [4.69, 9.17) is 4.42 Å². The van der Waals surface area contributed by atoms with Gasteiger partial charge in [-0.2, -0.15) is 13.2 Å². The molecular formula is C14H14F3NO4S. The van der Waals surface area contributed by atoms with Gasteiger partial charge in [0.25, 0.3) is 0 Å². The fraction of sp³-hybridized carbons (Fsp3) is 0.286. The van der Waals surface area contributed by atoms with Gasteiger partial charge >= 0.3 is 6.18 Å². The van der Waals surface area contributed by atoms with Crippen LogP contribution in [0.2, 0.25) is 0 Å². The molecule has 0 aliphatic heterocycles. The SMILES string of the molecule is O=S(=O)(NCCC(O)c1ccco1)c1cccc(C(F)(F)F)c1. The fourth-order valence-electron chi connectivity index (χ4n) is 1.88. The van der Waals surface area contributed by atoms with E-state index in [-0.39, 0.29) is 18.7 Å². The Morgan fingerprint density at radius 1 is 1.22 bits per heavy atom. The minimum atomic E-state index is -4.62. The van der Waals surface area contributed by atoms with Crippen LogP contribution in [0.1, 0.15) is 23.8 Å². The van der Waals surface area contributed by atoms with Crippen LogP contribution in [0.25, 0.3) is 0 Å². The van der Waals surface area contributed by atoms with Crippen LogP contribution in [0.15, 0.2) is 52.0 Å². The van der Waals surface area contributed by atoms with Crippen molar-refractivity contribution in [3.05, 3.63) is 54.0 Å². The first-order valence-electron chi connectivity index (χ1n) is 6.58. The zero-order valence-corrected chi connectivity index (χ0v) is 12.6. The number of nitrogens with one attached hydrogen (secondary N) is 1. The maximum absolute atomic E-state index is 12.6. The number of rotatable bonds is 6. The number of hydrogen-bond donors (Lipinski definition) is 2. The van der Waals surface area contributed by atoms with E-state index in [2.05, 4.69) is 4.72 Å². The first kappa shape index (κ1) is 17.5. The van der Waals surface area contributed by atoms with Crippen molar-refractivity contribution in [1.29, 1.82) is 0 Å². The van der Waals surface area contributed by atoms with Crippen LogP contribution in [0.4, 0.5) is 13.2 Å². The van der Waals surface area contributed by atoms with Gasteiger partial charge in [0.2, 0.25) is 10.0 Å². The number of halogens is 3. The Bertz CT molecular complexity index is 742. The fourth-order valence-corrected chi connectivity index (χ4v) is 2.97. The molecule has 0 bridgehead atoms. The molecule has 2 aromatic rings. The van der Waals surface area contributed by atoms with Gasteiger partial charge < -0.3 is 9.52 Å². The molecule has 2 rings (SSSR count). The van der Waals surface area contributed by atoms with Crippen molar-refractivity contribution in [1.82, 2.24) is 4.72 Å². The van der Waals surface area contributed by atoms with Gasteiger partial charge in [0.15, 0.2) is 0 Å². The second kappa shape index (κ2) is 6.73. The number of furan rings is 1. The number of hydrogen-bond acceptors (Lipinski definition) is 4. The van der Waals surface area contributed by atoms with Crippen LogP contribution in [-0.4, -0.2) is 20.1 Å². The van der Waals surface area contributed by atoms with E-state index in [0.29, 0.717) is 6.07 Å². The van der Waals surface area contributed by atoms with Crippen LogP contribution in [-0.2, 0) is 16.2 Å². The van der Waals surface area contributed by atoms with E-state index in [1.165, 1.54) is 12.3 Å². The highest BCUT2D eigenvalue weighted by Crippen LogP contribution is 2.30. The van der Waals surface area contributed by atoms with E-state index in [9.17, 15) is 26.7 Å². The molecule has 1 atom stereocenters. The van der Waals surface area contributed by atoms with Gasteiger partial charge in [0, 0.05) is 6.54 Å². The molecule has 23 heavy (non-hydrogen) atoms. The molecule has 0 saturated carbocycles. The minimum Gasteiger partial charge on any atom is -0.467 e. The molecule has 0 fully saturated rings. The lowest BCUT2D eigenvalue weighted by Gasteiger charge is -2.11. The van der Waals surface area contributed by atoms with Crippen LogP contribution < -0.4 is 4.72 Å². The third kappa shape index (κ3) is 4.57. The lowest BCUT2D eigenvalue weighted by atomic mass is 10.2. The second-order valence-electron chi connectivity index (χ2n) is 4.74. The lowest BCUT2D eigenvalue weighted by molar-refractivity contribution is -0.137. The third-order valence-electron chi connectivity index (χ3n) is 3.05. The van der Waals surface area contributed by atoms with Crippen molar-refractivity contribution in [3.8, 4) is 0 Å². The Labute approximate surface area is 130 Å². The maximum atomic E-state index is 12.6. The number of sulfonamides is 1. The molecule has 1 aromatic heterocycles. The van der Waals surface area contributed by atoms with E-state index >= 15 is 0 Å². The van der Waals surface area contributed by atoms with E-state index in [1.54, 1.807) is 6.07 Å². The molecule has 0 spiro atoms. The Morgan fingerprint density at radius 2 is 1.96 bits per heavy atom. The summed E-state index contributed by atoms with van der Waals surface area (Å²) in [6.45, 7) is -0.152. The predicted octanol–water partition coefficient (Wildman–Crippen LogP) is 2.70. The van der Waals surface area contributed by atoms with Gasteiger partial charge in [-0.1, -0.05) is 6.07 Å². The normalized spacial score (nSPS) is 13.9. The summed E-state index contributed by atoms with van der Waals surface area (Å²) in [6, 6.07) is 6.55. The number of aliphatic hydroxyl groups excluding tert-OH is 1. The van der Waals surface area contributed by atoms with Crippen molar-refractivity contribution in [3.63, 3.8) is 0 Å². The van der Waals surface area contributed by atoms with Crippen LogP contribution >= 0.6 is 0 Å². The summed E-state index contributed by atoms with van der Waals surface area (Å²) in [5, 5.41) is 9.75. The Morgan fingerprint density at radius 3 is 2.57 bits per heavy atom. The summed E-state index contributed by atoms with van der Waals surface area (Å²) >= 11 is 0. The van der Waals surface area contributed by atoms with Crippen molar-refractivity contribution in [2.24, 2.45) is 0 Å². The standard InChI is InChI=1S/C14H14F3NO4S/c15-14(16,17)10-3-1-4-11(9-10)23(20,21)18-7-6-12(19)13-5-2-8-22-13/h1-5,8-9,12,18-19H,6-7H2. The zero-order chi connectivity index (χ0) is 17.1. The largest absolute Gasteiger partial charge is 0.467 e. The highest BCUT2D eigenvalue weighted by molar-refractivity contribution is 7.89. The summed E-state index contributed by atoms with van der Waals surface area (Å²) in [5.41, 5.74) is -1.05. The Kier molecular flexibility index (Phi) is 5.12. The summed E-state index contributed by atoms with van der Waals surface area (Å²) in [4.78, 5) is -0.486. The van der Waals surface area contributed by atoms with Crippen LogP contribution in [0.5, 0.6) is 0 Å². The average molecular weight is 349 g/mol. The number of alkyl halides is 3. The van der Waals surface area contributed by atoms with Crippen LogP contribution in [0.3, 0.4) is 0 Å². The van der Waals surface area contributed by atoms with Gasteiger partial charge in [0.1, 0.15) is 11.9 Å². The van der Waals surface area contributed by atoms with E-state index in [0.717, 1.165) is 18.2 Å². The smallest absolute Gasteiger partial charge is 0.416 e.